The molecule has 3 atom stereocenters. The van der Waals surface area contributed by atoms with Crippen LogP contribution in [0.5, 0.6) is 0 Å². The molecule has 5 heteroatoms. The van der Waals surface area contributed by atoms with Gasteiger partial charge in [0.05, 0.1) is 0 Å². The summed E-state index contributed by atoms with van der Waals surface area (Å²) >= 11 is 0. The summed E-state index contributed by atoms with van der Waals surface area (Å²) in [5.41, 5.74) is 0.932. The van der Waals surface area contributed by atoms with Crippen molar-refractivity contribution in [1.29, 1.82) is 0 Å². The van der Waals surface area contributed by atoms with Crippen molar-refractivity contribution in [1.82, 2.24) is 5.32 Å². The summed E-state index contributed by atoms with van der Waals surface area (Å²) in [6.07, 6.45) is -0.371. The van der Waals surface area contributed by atoms with Crippen molar-refractivity contribution >= 4 is 11.9 Å². The predicted octanol–water partition coefficient (Wildman–Crippen LogP) is 1.91. The minimum atomic E-state index is -0.525. The summed E-state index contributed by atoms with van der Waals surface area (Å²) in [6.45, 7) is 5.19. The minimum absolute atomic E-state index is 0.192. The highest BCUT2D eigenvalue weighted by atomic mass is 16.5. The molecule has 0 saturated carbocycles. The smallest absolute Gasteiger partial charge is 0.323 e. The first-order valence-corrected chi connectivity index (χ1v) is 7.00. The van der Waals surface area contributed by atoms with Crippen molar-refractivity contribution in [3.8, 4) is 0 Å². The molecule has 0 unspecified atom stereocenters. The van der Waals surface area contributed by atoms with E-state index in [0.29, 0.717) is 0 Å². The third-order valence-corrected chi connectivity index (χ3v) is 3.41. The molecule has 1 aromatic carbocycles. The van der Waals surface area contributed by atoms with E-state index in [2.05, 4.69) is 5.32 Å². The highest BCUT2D eigenvalue weighted by molar-refractivity contribution is 5.76. The SMILES string of the molecule is CN[C@H](C(=O)OCc1ccccc1)[C@@H](C)[C@H](C)OC(C)=O. The molecule has 0 aromatic heterocycles. The van der Waals surface area contributed by atoms with E-state index >= 15 is 0 Å². The van der Waals surface area contributed by atoms with E-state index in [0.717, 1.165) is 5.56 Å². The van der Waals surface area contributed by atoms with Crippen molar-refractivity contribution < 1.29 is 19.1 Å². The average Bonchev–Trinajstić information content (AvgIpc) is 2.46. The molecule has 0 bridgehead atoms. The molecule has 21 heavy (non-hydrogen) atoms. The third-order valence-electron chi connectivity index (χ3n) is 3.41. The third kappa shape index (κ3) is 5.55. The van der Waals surface area contributed by atoms with Crippen LogP contribution in [0.25, 0.3) is 0 Å². The van der Waals surface area contributed by atoms with Crippen LogP contribution < -0.4 is 5.32 Å². The number of nitrogens with one attached hydrogen (secondary N) is 1. The number of hydrogen-bond donors (Lipinski definition) is 1. The quantitative estimate of drug-likeness (QED) is 0.778. The first-order chi connectivity index (χ1) is 9.95. The van der Waals surface area contributed by atoms with Crippen LogP contribution in [-0.2, 0) is 25.7 Å². The Bertz CT molecular complexity index is 461. The second-order valence-electron chi connectivity index (χ2n) is 5.03. The van der Waals surface area contributed by atoms with Gasteiger partial charge >= 0.3 is 11.9 Å². The minimum Gasteiger partial charge on any atom is -0.462 e. The molecule has 116 valence electrons. The fraction of sp³-hybridized carbons (Fsp3) is 0.500. The standard InChI is InChI=1S/C16H23NO4/c1-11(12(2)21-13(3)18)15(17-4)16(19)20-10-14-8-6-5-7-9-14/h5-9,11-12,15,17H,10H2,1-4H3/t11-,12-,15-/m0/s1. The van der Waals surface area contributed by atoms with Crippen molar-refractivity contribution in [2.24, 2.45) is 5.92 Å². The summed E-state index contributed by atoms with van der Waals surface area (Å²) in [5.74, 6) is -0.906. The van der Waals surface area contributed by atoms with Crippen molar-refractivity contribution in [3.05, 3.63) is 35.9 Å². The van der Waals surface area contributed by atoms with Gasteiger partial charge in [0.15, 0.2) is 0 Å². The van der Waals surface area contributed by atoms with E-state index in [9.17, 15) is 9.59 Å². The molecule has 0 spiro atoms. The molecule has 0 aliphatic rings. The molecular weight excluding hydrogens is 270 g/mol. The first kappa shape index (κ1) is 17.2. The maximum absolute atomic E-state index is 12.2. The largest absolute Gasteiger partial charge is 0.462 e. The number of ether oxygens (including phenoxy) is 2. The number of benzene rings is 1. The number of hydrogen-bond acceptors (Lipinski definition) is 5. The summed E-state index contributed by atoms with van der Waals surface area (Å²) < 4.78 is 10.4. The maximum Gasteiger partial charge on any atom is 0.323 e. The molecule has 0 aliphatic carbocycles. The van der Waals surface area contributed by atoms with Gasteiger partial charge in [-0.15, -0.1) is 0 Å². The monoisotopic (exact) mass is 293 g/mol. The van der Waals surface area contributed by atoms with Crippen LogP contribution in [0.1, 0.15) is 26.3 Å². The van der Waals surface area contributed by atoms with Crippen molar-refractivity contribution in [2.45, 2.75) is 39.5 Å². The van der Waals surface area contributed by atoms with E-state index in [4.69, 9.17) is 9.47 Å². The van der Waals surface area contributed by atoms with E-state index in [1.54, 1.807) is 14.0 Å². The molecule has 0 amide bonds. The lowest BCUT2D eigenvalue weighted by molar-refractivity contribution is -0.155. The second-order valence-corrected chi connectivity index (χ2v) is 5.03. The van der Waals surface area contributed by atoms with Gasteiger partial charge in [-0.2, -0.15) is 0 Å². The Morgan fingerprint density at radius 3 is 2.33 bits per heavy atom. The summed E-state index contributed by atoms with van der Waals surface area (Å²) in [5, 5.41) is 2.93. The van der Waals surface area contributed by atoms with E-state index in [1.165, 1.54) is 6.92 Å². The van der Waals surface area contributed by atoms with Crippen LogP contribution >= 0.6 is 0 Å². The molecular formula is C16H23NO4. The normalized spacial score (nSPS) is 14.9. The lowest BCUT2D eigenvalue weighted by atomic mass is 9.96. The van der Waals surface area contributed by atoms with E-state index in [1.807, 2.05) is 37.3 Å². The zero-order valence-electron chi connectivity index (χ0n) is 13.0. The van der Waals surface area contributed by atoms with Gasteiger partial charge in [-0.1, -0.05) is 37.3 Å². The van der Waals surface area contributed by atoms with Crippen LogP contribution in [0.4, 0.5) is 0 Å². The van der Waals surface area contributed by atoms with Crippen molar-refractivity contribution in [3.63, 3.8) is 0 Å². The Balaban J connectivity index is 2.58. The lowest BCUT2D eigenvalue weighted by Crippen LogP contribution is -2.45. The average molecular weight is 293 g/mol. The lowest BCUT2D eigenvalue weighted by Gasteiger charge is -2.26. The molecule has 0 fully saturated rings. The number of likely N-dealkylation sites (N-methyl/N-ethyl adjacent to an activating group) is 1. The molecule has 1 aromatic rings. The van der Waals surface area contributed by atoms with Gasteiger partial charge in [-0.25, -0.2) is 0 Å². The van der Waals surface area contributed by atoms with Crippen LogP contribution in [-0.4, -0.2) is 31.1 Å². The second kappa shape index (κ2) is 8.42. The molecule has 0 saturated heterocycles. The van der Waals surface area contributed by atoms with Gasteiger partial charge in [-0.3, -0.25) is 9.59 Å². The Labute approximate surface area is 125 Å². The van der Waals surface area contributed by atoms with Gasteiger partial charge in [-0.05, 0) is 19.5 Å². The maximum atomic E-state index is 12.2. The Morgan fingerprint density at radius 1 is 1.19 bits per heavy atom. The van der Waals surface area contributed by atoms with Gasteiger partial charge in [0.2, 0.25) is 0 Å². The van der Waals surface area contributed by atoms with Crippen LogP contribution in [0.3, 0.4) is 0 Å². The zero-order valence-corrected chi connectivity index (χ0v) is 13.0. The van der Waals surface area contributed by atoms with E-state index < -0.39 is 6.04 Å². The summed E-state index contributed by atoms with van der Waals surface area (Å²) in [4.78, 5) is 23.1. The molecule has 1 N–H and O–H groups in total. The predicted molar refractivity (Wildman–Crippen MR) is 79.5 cm³/mol. The van der Waals surface area contributed by atoms with Crippen molar-refractivity contribution in [2.75, 3.05) is 7.05 Å². The molecule has 1 rings (SSSR count). The van der Waals surface area contributed by atoms with Crippen LogP contribution in [0, 0.1) is 5.92 Å². The Kier molecular flexibility index (Phi) is 6.88. The fourth-order valence-electron chi connectivity index (χ4n) is 2.05. The van der Waals surface area contributed by atoms with Crippen LogP contribution in [0.15, 0.2) is 30.3 Å². The zero-order chi connectivity index (χ0) is 15.8. The highest BCUT2D eigenvalue weighted by Gasteiger charge is 2.30. The topological polar surface area (TPSA) is 64.6 Å². The van der Waals surface area contributed by atoms with Gasteiger partial charge in [0.1, 0.15) is 18.8 Å². The van der Waals surface area contributed by atoms with Gasteiger partial charge < -0.3 is 14.8 Å². The number of esters is 2. The molecule has 0 heterocycles. The molecule has 5 nitrogen and oxygen atoms in total. The van der Waals surface area contributed by atoms with E-state index in [-0.39, 0.29) is 30.6 Å². The molecule has 0 radical (unpaired) electrons. The first-order valence-electron chi connectivity index (χ1n) is 7.00. The fourth-order valence-corrected chi connectivity index (χ4v) is 2.05. The highest BCUT2D eigenvalue weighted by Crippen LogP contribution is 2.14. The van der Waals surface area contributed by atoms with Gasteiger partial charge in [0.25, 0.3) is 0 Å². The van der Waals surface area contributed by atoms with Gasteiger partial charge in [0, 0.05) is 12.8 Å². The summed E-state index contributed by atoms with van der Waals surface area (Å²) in [7, 11) is 1.69. The van der Waals surface area contributed by atoms with Crippen LogP contribution in [0.2, 0.25) is 0 Å². The molecule has 0 aliphatic heterocycles. The Morgan fingerprint density at radius 2 is 1.81 bits per heavy atom. The Hall–Kier alpha value is -1.88. The number of rotatable bonds is 7. The summed E-state index contributed by atoms with van der Waals surface area (Å²) in [6, 6.07) is 8.96. The number of carbonyl (C=O) groups excluding carboxylic acids is 2. The number of carbonyl (C=O) groups is 2.